The van der Waals surface area contributed by atoms with Gasteiger partial charge in [-0.15, -0.1) is 0 Å². The summed E-state index contributed by atoms with van der Waals surface area (Å²) in [6.07, 6.45) is -0.184. The average molecular weight is 337 g/mol. The van der Waals surface area contributed by atoms with Crippen LogP contribution in [0.4, 0.5) is 4.79 Å². The molecule has 128 valence electrons. The topological polar surface area (TPSA) is 32.8 Å². The van der Waals surface area contributed by atoms with Crippen LogP contribution in [0.5, 0.6) is 0 Å². The van der Waals surface area contributed by atoms with Crippen molar-refractivity contribution in [2.45, 2.75) is 38.2 Å². The van der Waals surface area contributed by atoms with Crippen molar-refractivity contribution in [1.29, 1.82) is 0 Å². The maximum Gasteiger partial charge on any atom is 0.410 e. The number of carbonyl (C=O) groups excluding carboxylic acids is 1. The first kappa shape index (κ1) is 18.1. The van der Waals surface area contributed by atoms with Gasteiger partial charge in [-0.25, -0.2) is 4.79 Å². The fraction of sp³-hybridized carbons (Fsp3) is 0.611. The van der Waals surface area contributed by atoms with Gasteiger partial charge in [0.15, 0.2) is 0 Å². The lowest BCUT2D eigenvalue weighted by atomic mass is 10.2. The maximum atomic E-state index is 12.4. The fourth-order valence-corrected chi connectivity index (χ4v) is 3.70. The summed E-state index contributed by atoms with van der Waals surface area (Å²) >= 11 is 1.88. The molecule has 1 amide bonds. The molecule has 0 spiro atoms. The zero-order valence-corrected chi connectivity index (χ0v) is 15.4. The molecule has 1 atom stereocenters. The number of hydrogen-bond acceptors (Lipinski definition) is 4. The Morgan fingerprint density at radius 2 is 1.96 bits per heavy atom. The number of likely N-dealkylation sites (N-methyl/N-ethyl adjacent to an activating group) is 1. The first-order chi connectivity index (χ1) is 10.8. The SMILES string of the molecule is CN1CCN(C(=O)OC(C)(C)C)C(CSCc2ccccc2)C1. The molecule has 23 heavy (non-hydrogen) atoms. The van der Waals surface area contributed by atoms with Crippen molar-refractivity contribution in [3.05, 3.63) is 35.9 Å². The molecule has 0 aliphatic carbocycles. The molecule has 0 saturated carbocycles. The van der Waals surface area contributed by atoms with E-state index in [0.717, 1.165) is 31.1 Å². The van der Waals surface area contributed by atoms with Crippen molar-refractivity contribution in [3.63, 3.8) is 0 Å². The number of rotatable bonds is 4. The molecule has 0 bridgehead atoms. The van der Waals surface area contributed by atoms with Gasteiger partial charge in [0, 0.05) is 31.1 Å². The lowest BCUT2D eigenvalue weighted by molar-refractivity contribution is 0.00495. The summed E-state index contributed by atoms with van der Waals surface area (Å²) < 4.78 is 5.57. The van der Waals surface area contributed by atoms with Crippen LogP contribution in [0.15, 0.2) is 30.3 Å². The Morgan fingerprint density at radius 3 is 2.61 bits per heavy atom. The summed E-state index contributed by atoms with van der Waals surface area (Å²) in [7, 11) is 2.11. The minimum Gasteiger partial charge on any atom is -0.444 e. The molecule has 1 aliphatic heterocycles. The number of piperazine rings is 1. The van der Waals surface area contributed by atoms with E-state index in [-0.39, 0.29) is 12.1 Å². The van der Waals surface area contributed by atoms with Crippen LogP contribution in [0.2, 0.25) is 0 Å². The van der Waals surface area contributed by atoms with Gasteiger partial charge >= 0.3 is 6.09 Å². The predicted molar refractivity (Wildman–Crippen MR) is 96.8 cm³/mol. The average Bonchev–Trinajstić information content (AvgIpc) is 2.46. The second kappa shape index (κ2) is 8.06. The number of nitrogens with zero attached hydrogens (tertiary/aromatic N) is 2. The minimum absolute atomic E-state index is 0.184. The Kier molecular flexibility index (Phi) is 6.36. The smallest absolute Gasteiger partial charge is 0.410 e. The van der Waals surface area contributed by atoms with E-state index >= 15 is 0 Å². The highest BCUT2D eigenvalue weighted by Crippen LogP contribution is 2.20. The molecule has 1 heterocycles. The Hall–Kier alpha value is -1.20. The van der Waals surface area contributed by atoms with E-state index < -0.39 is 5.60 Å². The Balaban J connectivity index is 1.90. The second-order valence-electron chi connectivity index (χ2n) is 7.09. The van der Waals surface area contributed by atoms with Gasteiger partial charge < -0.3 is 14.5 Å². The van der Waals surface area contributed by atoms with Crippen LogP contribution in [0, 0.1) is 0 Å². The summed E-state index contributed by atoms with van der Waals surface area (Å²) in [5.41, 5.74) is 0.882. The van der Waals surface area contributed by atoms with E-state index in [9.17, 15) is 4.79 Å². The van der Waals surface area contributed by atoms with Crippen LogP contribution >= 0.6 is 11.8 Å². The van der Waals surface area contributed by atoms with Crippen molar-refractivity contribution >= 4 is 17.9 Å². The summed E-state index contributed by atoms with van der Waals surface area (Å²) in [6, 6.07) is 10.7. The molecule has 1 aliphatic rings. The largest absolute Gasteiger partial charge is 0.444 e. The van der Waals surface area contributed by atoms with Crippen molar-refractivity contribution in [3.8, 4) is 0 Å². The molecule has 0 radical (unpaired) electrons. The van der Waals surface area contributed by atoms with E-state index in [2.05, 4.69) is 36.2 Å². The monoisotopic (exact) mass is 336 g/mol. The van der Waals surface area contributed by atoms with E-state index in [0.29, 0.717) is 0 Å². The van der Waals surface area contributed by atoms with Crippen molar-refractivity contribution in [1.82, 2.24) is 9.80 Å². The molecule has 1 aromatic carbocycles. The molecule has 5 heteroatoms. The zero-order chi connectivity index (χ0) is 16.9. The number of hydrogen-bond donors (Lipinski definition) is 0. The van der Waals surface area contributed by atoms with Gasteiger partial charge in [0.2, 0.25) is 0 Å². The van der Waals surface area contributed by atoms with Gasteiger partial charge in [0.05, 0.1) is 6.04 Å². The van der Waals surface area contributed by atoms with E-state index in [1.54, 1.807) is 0 Å². The van der Waals surface area contributed by atoms with Crippen LogP contribution in [-0.2, 0) is 10.5 Å². The Morgan fingerprint density at radius 1 is 1.26 bits per heavy atom. The van der Waals surface area contributed by atoms with Gasteiger partial charge in [-0.1, -0.05) is 30.3 Å². The summed E-state index contributed by atoms with van der Waals surface area (Å²) in [5.74, 6) is 1.90. The van der Waals surface area contributed by atoms with E-state index in [1.165, 1.54) is 5.56 Å². The number of thioether (sulfide) groups is 1. The standard InChI is InChI=1S/C18H28N2O2S/c1-18(2,3)22-17(21)20-11-10-19(4)12-16(20)14-23-13-15-8-6-5-7-9-15/h5-9,16H,10-14H2,1-4H3. The number of amides is 1. The molecule has 1 aromatic rings. The second-order valence-corrected chi connectivity index (χ2v) is 8.12. The highest BCUT2D eigenvalue weighted by molar-refractivity contribution is 7.98. The van der Waals surface area contributed by atoms with Crippen LogP contribution < -0.4 is 0 Å². The molecule has 0 aromatic heterocycles. The number of ether oxygens (including phenoxy) is 1. The zero-order valence-electron chi connectivity index (χ0n) is 14.6. The third-order valence-corrected chi connectivity index (χ3v) is 4.89. The maximum absolute atomic E-state index is 12.4. The quantitative estimate of drug-likeness (QED) is 0.843. The van der Waals surface area contributed by atoms with Gasteiger partial charge in [0.25, 0.3) is 0 Å². The van der Waals surface area contributed by atoms with Crippen molar-refractivity contribution in [2.24, 2.45) is 0 Å². The van der Waals surface area contributed by atoms with Gasteiger partial charge in [-0.05, 0) is 33.4 Å². The summed E-state index contributed by atoms with van der Waals surface area (Å²) in [4.78, 5) is 16.6. The Bertz CT molecular complexity index is 501. The van der Waals surface area contributed by atoms with E-state index in [4.69, 9.17) is 4.74 Å². The van der Waals surface area contributed by atoms with Crippen LogP contribution in [-0.4, -0.2) is 60.0 Å². The lowest BCUT2D eigenvalue weighted by Crippen LogP contribution is -2.56. The number of carbonyl (C=O) groups is 1. The van der Waals surface area contributed by atoms with Crippen molar-refractivity contribution < 1.29 is 9.53 Å². The molecular weight excluding hydrogens is 308 g/mol. The Labute approximate surface area is 144 Å². The molecule has 1 saturated heterocycles. The first-order valence-corrected chi connectivity index (χ1v) is 9.30. The van der Waals surface area contributed by atoms with E-state index in [1.807, 2.05) is 43.5 Å². The van der Waals surface area contributed by atoms with Crippen molar-refractivity contribution in [2.75, 3.05) is 32.4 Å². The van der Waals surface area contributed by atoms with Gasteiger partial charge in [0.1, 0.15) is 5.60 Å². The molecule has 1 fully saturated rings. The summed E-state index contributed by atoms with van der Waals surface area (Å²) in [5, 5.41) is 0. The van der Waals surface area contributed by atoms with Gasteiger partial charge in [-0.3, -0.25) is 0 Å². The third-order valence-electron chi connectivity index (χ3n) is 3.74. The van der Waals surface area contributed by atoms with Crippen LogP contribution in [0.1, 0.15) is 26.3 Å². The molecule has 2 rings (SSSR count). The predicted octanol–water partition coefficient (Wildman–Crippen LogP) is 3.47. The van der Waals surface area contributed by atoms with Crippen LogP contribution in [0.3, 0.4) is 0 Å². The normalized spacial score (nSPS) is 19.7. The highest BCUT2D eigenvalue weighted by Gasteiger charge is 2.32. The lowest BCUT2D eigenvalue weighted by Gasteiger charge is -2.40. The minimum atomic E-state index is -0.442. The third kappa shape index (κ3) is 6.07. The van der Waals surface area contributed by atoms with Gasteiger partial charge in [-0.2, -0.15) is 11.8 Å². The molecule has 4 nitrogen and oxygen atoms in total. The molecule has 0 N–H and O–H groups in total. The summed E-state index contributed by atoms with van der Waals surface area (Å²) in [6.45, 7) is 8.29. The highest BCUT2D eigenvalue weighted by atomic mass is 32.2. The molecular formula is C18H28N2O2S. The number of benzene rings is 1. The van der Waals surface area contributed by atoms with Crippen LogP contribution in [0.25, 0.3) is 0 Å². The molecule has 1 unspecified atom stereocenters. The first-order valence-electron chi connectivity index (χ1n) is 8.15. The fourth-order valence-electron chi connectivity index (χ4n) is 2.60.